The minimum atomic E-state index is -0.851. The van der Waals surface area contributed by atoms with Gasteiger partial charge < -0.3 is 10.0 Å². The minimum absolute atomic E-state index is 0.0519. The van der Waals surface area contributed by atoms with Crippen molar-refractivity contribution in [3.05, 3.63) is 28.2 Å². The summed E-state index contributed by atoms with van der Waals surface area (Å²) in [5.74, 6) is -1.08. The highest BCUT2D eigenvalue weighted by Gasteiger charge is 2.28. The van der Waals surface area contributed by atoms with Gasteiger partial charge in [-0.1, -0.05) is 0 Å². The Labute approximate surface area is 128 Å². The second-order valence-corrected chi connectivity index (χ2v) is 5.45. The molecule has 0 spiro atoms. The zero-order valence-electron chi connectivity index (χ0n) is 12.7. The average molecular weight is 307 g/mol. The monoisotopic (exact) mass is 307 g/mol. The Balaban J connectivity index is 2.17. The van der Waals surface area contributed by atoms with Crippen LogP contribution < -0.4 is 5.56 Å². The summed E-state index contributed by atoms with van der Waals surface area (Å²) in [5.41, 5.74) is 0.00352. The van der Waals surface area contributed by atoms with Crippen molar-refractivity contribution < 1.29 is 14.7 Å². The first-order valence-electron chi connectivity index (χ1n) is 7.64. The summed E-state index contributed by atoms with van der Waals surface area (Å²) in [6.45, 7) is 2.80. The lowest BCUT2D eigenvalue weighted by Gasteiger charge is -2.35. The van der Waals surface area contributed by atoms with Crippen molar-refractivity contribution >= 4 is 11.9 Å². The van der Waals surface area contributed by atoms with Gasteiger partial charge in [-0.25, -0.2) is 4.68 Å². The van der Waals surface area contributed by atoms with Gasteiger partial charge in [-0.15, -0.1) is 0 Å². The molecule has 0 aromatic carbocycles. The van der Waals surface area contributed by atoms with Crippen LogP contribution in [0.3, 0.4) is 0 Å². The molecule has 1 aliphatic rings. The van der Waals surface area contributed by atoms with E-state index in [-0.39, 0.29) is 29.6 Å². The number of aliphatic carboxylic acids is 1. The topological polar surface area (TPSA) is 92.5 Å². The molecule has 0 bridgehead atoms. The number of carbonyl (C=O) groups is 2. The number of carboxylic acids is 1. The van der Waals surface area contributed by atoms with Gasteiger partial charge in [-0.2, -0.15) is 5.10 Å². The van der Waals surface area contributed by atoms with Crippen LogP contribution in [0.25, 0.3) is 0 Å². The molecule has 1 unspecified atom stereocenters. The normalized spacial score (nSPS) is 18.2. The molecular formula is C15H21N3O4. The molecule has 0 aliphatic carbocycles. The molecule has 1 N–H and O–H groups in total. The van der Waals surface area contributed by atoms with E-state index in [1.807, 2.05) is 0 Å². The summed E-state index contributed by atoms with van der Waals surface area (Å²) in [6.07, 6.45) is 3.22. The fraction of sp³-hybridized carbons (Fsp3) is 0.600. The minimum Gasteiger partial charge on any atom is -0.481 e. The number of aromatic nitrogens is 2. The van der Waals surface area contributed by atoms with Crippen LogP contribution in [0.4, 0.5) is 0 Å². The number of rotatable bonds is 5. The van der Waals surface area contributed by atoms with E-state index in [1.54, 1.807) is 11.8 Å². The molecule has 1 aromatic heterocycles. The van der Waals surface area contributed by atoms with Crippen molar-refractivity contribution in [2.24, 2.45) is 0 Å². The molecule has 0 saturated carbocycles. The zero-order valence-corrected chi connectivity index (χ0v) is 12.7. The van der Waals surface area contributed by atoms with Crippen LogP contribution in [0.1, 0.15) is 49.5 Å². The smallest absolute Gasteiger partial charge is 0.303 e. The highest BCUT2D eigenvalue weighted by molar-refractivity contribution is 5.92. The molecule has 120 valence electrons. The number of carbonyl (C=O) groups excluding carboxylic acids is 1. The fourth-order valence-corrected chi connectivity index (χ4v) is 2.79. The van der Waals surface area contributed by atoms with Crippen molar-refractivity contribution in [3.63, 3.8) is 0 Å². The quantitative estimate of drug-likeness (QED) is 0.880. The van der Waals surface area contributed by atoms with Crippen LogP contribution in [0.15, 0.2) is 16.9 Å². The van der Waals surface area contributed by atoms with E-state index >= 15 is 0 Å². The van der Waals surface area contributed by atoms with Gasteiger partial charge in [-0.3, -0.25) is 14.4 Å². The molecule has 1 amide bonds. The molecule has 1 atom stereocenters. The molecule has 0 radical (unpaired) electrons. The Morgan fingerprint density at radius 2 is 2.14 bits per heavy atom. The molecule has 22 heavy (non-hydrogen) atoms. The SMILES string of the molecule is CCn1nc(C(=O)N2CCCCC2CCC(=O)O)ccc1=O. The molecule has 1 fully saturated rings. The lowest BCUT2D eigenvalue weighted by Crippen LogP contribution is -2.44. The van der Waals surface area contributed by atoms with Crippen molar-refractivity contribution in [2.45, 2.75) is 51.6 Å². The molecule has 2 rings (SSSR count). The number of hydrogen-bond donors (Lipinski definition) is 1. The summed E-state index contributed by atoms with van der Waals surface area (Å²) in [5, 5.41) is 12.9. The van der Waals surface area contributed by atoms with E-state index in [9.17, 15) is 14.4 Å². The van der Waals surface area contributed by atoms with Gasteiger partial charge in [0.1, 0.15) is 5.69 Å². The van der Waals surface area contributed by atoms with E-state index in [2.05, 4.69) is 5.10 Å². The van der Waals surface area contributed by atoms with E-state index in [0.717, 1.165) is 19.3 Å². The highest BCUT2D eigenvalue weighted by Crippen LogP contribution is 2.22. The third-order valence-corrected chi connectivity index (χ3v) is 3.96. The van der Waals surface area contributed by atoms with E-state index in [0.29, 0.717) is 19.5 Å². The van der Waals surface area contributed by atoms with Gasteiger partial charge in [0.05, 0.1) is 0 Å². The molecule has 1 aromatic rings. The van der Waals surface area contributed by atoms with E-state index < -0.39 is 5.97 Å². The molecule has 1 aliphatic heterocycles. The maximum Gasteiger partial charge on any atom is 0.303 e. The van der Waals surface area contributed by atoms with Crippen molar-refractivity contribution in [1.82, 2.24) is 14.7 Å². The number of carboxylic acid groups (broad SMARTS) is 1. The van der Waals surface area contributed by atoms with Crippen LogP contribution in [0.5, 0.6) is 0 Å². The Morgan fingerprint density at radius 1 is 1.36 bits per heavy atom. The van der Waals surface area contributed by atoms with Gasteiger partial charge in [0.25, 0.3) is 11.5 Å². The predicted molar refractivity (Wildman–Crippen MR) is 79.7 cm³/mol. The summed E-state index contributed by atoms with van der Waals surface area (Å²) in [4.78, 5) is 36.7. The number of aryl methyl sites for hydroxylation is 1. The maximum absolute atomic E-state index is 12.6. The standard InChI is InChI=1S/C15H21N3O4/c1-2-18-13(19)8-7-12(16-18)15(22)17-10-4-3-5-11(17)6-9-14(20)21/h7-8,11H,2-6,9-10H2,1H3,(H,20,21). The Kier molecular flexibility index (Phi) is 5.30. The average Bonchev–Trinajstić information content (AvgIpc) is 2.53. The Hall–Kier alpha value is -2.18. The van der Waals surface area contributed by atoms with Gasteiger partial charge in [-0.05, 0) is 38.7 Å². The van der Waals surface area contributed by atoms with E-state index in [4.69, 9.17) is 5.11 Å². The van der Waals surface area contributed by atoms with Crippen molar-refractivity contribution in [2.75, 3.05) is 6.54 Å². The van der Waals surface area contributed by atoms with E-state index in [1.165, 1.54) is 16.8 Å². The van der Waals surface area contributed by atoms with Crippen LogP contribution >= 0.6 is 0 Å². The van der Waals surface area contributed by atoms with Gasteiger partial charge >= 0.3 is 5.97 Å². The summed E-state index contributed by atoms with van der Waals surface area (Å²) in [7, 11) is 0. The predicted octanol–water partition coefficient (Wildman–Crippen LogP) is 1.12. The third kappa shape index (κ3) is 3.72. The highest BCUT2D eigenvalue weighted by atomic mass is 16.4. The molecular weight excluding hydrogens is 286 g/mol. The van der Waals surface area contributed by atoms with Gasteiger partial charge in [0.15, 0.2) is 0 Å². The molecule has 7 heteroatoms. The molecule has 1 saturated heterocycles. The Morgan fingerprint density at radius 3 is 2.82 bits per heavy atom. The number of hydrogen-bond acceptors (Lipinski definition) is 4. The molecule has 7 nitrogen and oxygen atoms in total. The summed E-state index contributed by atoms with van der Waals surface area (Å²) >= 11 is 0. The van der Waals surface area contributed by atoms with Crippen molar-refractivity contribution in [1.29, 1.82) is 0 Å². The maximum atomic E-state index is 12.6. The summed E-state index contributed by atoms with van der Waals surface area (Å²) in [6, 6.07) is 2.72. The molecule has 2 heterocycles. The fourth-order valence-electron chi connectivity index (χ4n) is 2.79. The van der Waals surface area contributed by atoms with Crippen LogP contribution in [-0.2, 0) is 11.3 Å². The number of likely N-dealkylation sites (tertiary alicyclic amines) is 1. The number of nitrogens with zero attached hydrogens (tertiary/aromatic N) is 3. The number of piperidine rings is 1. The van der Waals surface area contributed by atoms with Gasteiger partial charge in [0.2, 0.25) is 0 Å². The largest absolute Gasteiger partial charge is 0.481 e. The van der Waals surface area contributed by atoms with Gasteiger partial charge in [0, 0.05) is 31.6 Å². The lowest BCUT2D eigenvalue weighted by molar-refractivity contribution is -0.137. The second kappa shape index (κ2) is 7.20. The number of amides is 1. The first-order chi connectivity index (χ1) is 10.5. The van der Waals surface area contributed by atoms with Crippen LogP contribution in [0.2, 0.25) is 0 Å². The first kappa shape index (κ1) is 16.2. The first-order valence-corrected chi connectivity index (χ1v) is 7.64. The summed E-state index contributed by atoms with van der Waals surface area (Å²) < 4.78 is 1.25. The van der Waals surface area contributed by atoms with Crippen LogP contribution in [-0.4, -0.2) is 44.3 Å². The third-order valence-electron chi connectivity index (χ3n) is 3.96. The van der Waals surface area contributed by atoms with Crippen molar-refractivity contribution in [3.8, 4) is 0 Å². The zero-order chi connectivity index (χ0) is 16.1. The van der Waals surface area contributed by atoms with Crippen LogP contribution in [0, 0.1) is 0 Å². The lowest BCUT2D eigenvalue weighted by atomic mass is 9.97. The second-order valence-electron chi connectivity index (χ2n) is 5.45. The Bertz CT molecular complexity index is 611.